The van der Waals surface area contributed by atoms with Gasteiger partial charge in [-0.05, 0) is 31.2 Å². The molecule has 184 valence electrons. The predicted molar refractivity (Wildman–Crippen MR) is 139 cm³/mol. The minimum absolute atomic E-state index is 0.0677. The Morgan fingerprint density at radius 2 is 1.77 bits per heavy atom. The number of amides is 2. The number of nitrogens with one attached hydrogen (secondary N) is 1. The lowest BCUT2D eigenvalue weighted by Crippen LogP contribution is -2.41. The first-order valence-electron chi connectivity index (χ1n) is 11.6. The molecule has 0 saturated carbocycles. The highest BCUT2D eigenvalue weighted by Crippen LogP contribution is 2.40. The van der Waals surface area contributed by atoms with E-state index in [1.54, 1.807) is 12.0 Å². The van der Waals surface area contributed by atoms with Crippen molar-refractivity contribution >= 4 is 28.2 Å². The second-order valence-corrected chi connectivity index (χ2v) is 9.58. The molecule has 1 N–H and O–H groups in total. The van der Waals surface area contributed by atoms with Crippen LogP contribution in [-0.2, 0) is 16.1 Å². The number of nitrogens with zero attached hydrogens (tertiary/aromatic N) is 2. The number of carbonyl (C=O) groups excluding carboxylic acids is 2. The van der Waals surface area contributed by atoms with Crippen molar-refractivity contribution in [3.05, 3.63) is 71.3 Å². The number of para-hydroxylation sites is 1. The Balaban J connectivity index is 1.55. The van der Waals surface area contributed by atoms with E-state index in [1.807, 2.05) is 73.5 Å². The number of hydrogen-bond acceptors (Lipinski definition) is 6. The van der Waals surface area contributed by atoms with Crippen LogP contribution in [0.5, 0.6) is 5.75 Å². The average molecular weight is 494 g/mol. The molecular formula is C27H31N3O4S. The normalized spacial score (nSPS) is 13.7. The number of rotatable bonds is 8. The summed E-state index contributed by atoms with van der Waals surface area (Å²) < 4.78 is 10.8. The minimum Gasteiger partial charge on any atom is -0.496 e. The summed E-state index contributed by atoms with van der Waals surface area (Å²) in [5.41, 5.74) is 3.48. The monoisotopic (exact) mass is 493 g/mol. The standard InChI is InChI=1S/C27H31N3O4S/c1-19-24(27(32)30-13-15-34-16-14-30)26(35-25(19)20-9-5-4-6-10-20)28-23(31)18-29(2)17-21-11-7-8-12-22(21)33-3/h4-12H,13-18H2,1-3H3,(H,28,31). The van der Waals surface area contributed by atoms with E-state index in [1.165, 1.54) is 11.3 Å². The zero-order valence-electron chi connectivity index (χ0n) is 20.4. The van der Waals surface area contributed by atoms with Crippen LogP contribution in [0.1, 0.15) is 21.5 Å². The molecule has 2 aromatic carbocycles. The van der Waals surface area contributed by atoms with Gasteiger partial charge in [-0.2, -0.15) is 0 Å². The lowest BCUT2D eigenvalue weighted by atomic mass is 10.1. The molecule has 0 bridgehead atoms. The molecule has 0 radical (unpaired) electrons. The largest absolute Gasteiger partial charge is 0.496 e. The molecule has 4 rings (SSSR count). The van der Waals surface area contributed by atoms with Gasteiger partial charge in [-0.3, -0.25) is 14.5 Å². The van der Waals surface area contributed by atoms with Crippen LogP contribution < -0.4 is 10.1 Å². The SMILES string of the molecule is COc1ccccc1CN(C)CC(=O)Nc1sc(-c2ccccc2)c(C)c1C(=O)N1CCOCC1. The van der Waals surface area contributed by atoms with E-state index in [9.17, 15) is 9.59 Å². The molecule has 7 nitrogen and oxygen atoms in total. The number of carbonyl (C=O) groups is 2. The first-order chi connectivity index (χ1) is 17.0. The Hall–Kier alpha value is -3.20. The number of morpholine rings is 1. The molecule has 0 unspecified atom stereocenters. The maximum Gasteiger partial charge on any atom is 0.257 e. The number of hydrogen-bond donors (Lipinski definition) is 1. The maximum absolute atomic E-state index is 13.5. The quantitative estimate of drug-likeness (QED) is 0.507. The highest BCUT2D eigenvalue weighted by atomic mass is 32.1. The van der Waals surface area contributed by atoms with Crippen molar-refractivity contribution in [3.8, 4) is 16.2 Å². The molecule has 0 atom stereocenters. The second-order valence-electron chi connectivity index (χ2n) is 8.56. The fourth-order valence-corrected chi connectivity index (χ4v) is 5.46. The van der Waals surface area contributed by atoms with Crippen molar-refractivity contribution in [3.63, 3.8) is 0 Å². The van der Waals surface area contributed by atoms with Gasteiger partial charge in [0.25, 0.3) is 5.91 Å². The lowest BCUT2D eigenvalue weighted by Gasteiger charge is -2.27. The third kappa shape index (κ3) is 5.90. The van der Waals surface area contributed by atoms with Crippen LogP contribution >= 0.6 is 11.3 Å². The number of anilines is 1. The Bertz CT molecular complexity index is 1170. The number of ether oxygens (including phenoxy) is 2. The molecule has 3 aromatic rings. The van der Waals surface area contributed by atoms with Crippen LogP contribution in [0.15, 0.2) is 54.6 Å². The van der Waals surface area contributed by atoms with Crippen molar-refractivity contribution in [1.82, 2.24) is 9.80 Å². The van der Waals surface area contributed by atoms with Crippen LogP contribution in [0.3, 0.4) is 0 Å². The van der Waals surface area contributed by atoms with Crippen molar-refractivity contribution in [2.45, 2.75) is 13.5 Å². The molecule has 0 spiro atoms. The molecule has 1 fully saturated rings. The topological polar surface area (TPSA) is 71.1 Å². The summed E-state index contributed by atoms with van der Waals surface area (Å²) in [4.78, 5) is 31.3. The summed E-state index contributed by atoms with van der Waals surface area (Å²) in [6.45, 7) is 4.84. The molecule has 1 aliphatic heterocycles. The molecular weight excluding hydrogens is 462 g/mol. The highest BCUT2D eigenvalue weighted by molar-refractivity contribution is 7.20. The van der Waals surface area contributed by atoms with Gasteiger partial charge in [-0.15, -0.1) is 11.3 Å². The third-order valence-electron chi connectivity index (χ3n) is 5.99. The van der Waals surface area contributed by atoms with Crippen LogP contribution in [0.2, 0.25) is 0 Å². The Morgan fingerprint density at radius 3 is 2.49 bits per heavy atom. The second kappa shape index (κ2) is 11.5. The summed E-state index contributed by atoms with van der Waals surface area (Å²) in [6.07, 6.45) is 0. The van der Waals surface area contributed by atoms with Gasteiger partial charge in [0.15, 0.2) is 0 Å². The van der Waals surface area contributed by atoms with Crippen LogP contribution in [-0.4, -0.2) is 68.6 Å². The summed E-state index contributed by atoms with van der Waals surface area (Å²) in [6, 6.07) is 17.7. The van der Waals surface area contributed by atoms with E-state index >= 15 is 0 Å². The minimum atomic E-state index is -0.167. The van der Waals surface area contributed by atoms with Gasteiger partial charge in [0.05, 0.1) is 32.4 Å². The molecule has 0 aliphatic carbocycles. The molecule has 1 aliphatic rings. The number of benzene rings is 2. The van der Waals surface area contributed by atoms with E-state index in [0.717, 1.165) is 27.3 Å². The smallest absolute Gasteiger partial charge is 0.257 e. The Kier molecular flexibility index (Phi) is 8.17. The van der Waals surface area contributed by atoms with Crippen molar-refractivity contribution in [2.24, 2.45) is 0 Å². The van der Waals surface area contributed by atoms with Crippen molar-refractivity contribution in [2.75, 3.05) is 52.3 Å². The number of methoxy groups -OCH3 is 1. The molecule has 1 saturated heterocycles. The van der Waals surface area contributed by atoms with E-state index in [0.29, 0.717) is 43.4 Å². The fourth-order valence-electron chi connectivity index (χ4n) is 4.24. The summed E-state index contributed by atoms with van der Waals surface area (Å²) in [7, 11) is 3.53. The lowest BCUT2D eigenvalue weighted by molar-refractivity contribution is -0.117. The zero-order chi connectivity index (χ0) is 24.8. The summed E-state index contributed by atoms with van der Waals surface area (Å²) in [5.74, 6) is 0.556. The van der Waals surface area contributed by atoms with E-state index in [2.05, 4.69) is 5.32 Å². The van der Waals surface area contributed by atoms with Gasteiger partial charge in [0.1, 0.15) is 10.8 Å². The van der Waals surface area contributed by atoms with Crippen LogP contribution in [0.4, 0.5) is 5.00 Å². The maximum atomic E-state index is 13.5. The van der Waals surface area contributed by atoms with Gasteiger partial charge in [-0.25, -0.2) is 0 Å². The molecule has 35 heavy (non-hydrogen) atoms. The van der Waals surface area contributed by atoms with Crippen LogP contribution in [0, 0.1) is 6.92 Å². The number of likely N-dealkylation sites (N-methyl/N-ethyl adjacent to an activating group) is 1. The molecule has 8 heteroatoms. The first kappa shape index (κ1) is 24.9. The van der Waals surface area contributed by atoms with Gasteiger partial charge >= 0.3 is 0 Å². The first-order valence-corrected chi connectivity index (χ1v) is 12.5. The summed E-state index contributed by atoms with van der Waals surface area (Å²) in [5, 5.41) is 3.63. The van der Waals surface area contributed by atoms with E-state index in [4.69, 9.17) is 9.47 Å². The number of thiophene rings is 1. The van der Waals surface area contributed by atoms with Crippen molar-refractivity contribution < 1.29 is 19.1 Å². The van der Waals surface area contributed by atoms with E-state index in [-0.39, 0.29) is 18.4 Å². The van der Waals surface area contributed by atoms with Gasteiger partial charge in [0, 0.05) is 30.1 Å². The molecule has 2 amide bonds. The van der Waals surface area contributed by atoms with Gasteiger partial charge in [0.2, 0.25) is 5.91 Å². The van der Waals surface area contributed by atoms with Crippen LogP contribution in [0.25, 0.3) is 10.4 Å². The average Bonchev–Trinajstić information content (AvgIpc) is 3.20. The van der Waals surface area contributed by atoms with Crippen molar-refractivity contribution in [1.29, 1.82) is 0 Å². The Morgan fingerprint density at radius 1 is 1.09 bits per heavy atom. The Labute approximate surface area is 210 Å². The molecule has 2 heterocycles. The zero-order valence-corrected chi connectivity index (χ0v) is 21.2. The fraction of sp³-hybridized carbons (Fsp3) is 0.333. The molecule has 1 aromatic heterocycles. The van der Waals surface area contributed by atoms with Gasteiger partial charge in [-0.1, -0.05) is 48.5 Å². The highest BCUT2D eigenvalue weighted by Gasteiger charge is 2.28. The predicted octanol–water partition coefficient (Wildman–Crippen LogP) is 4.28. The van der Waals surface area contributed by atoms with E-state index < -0.39 is 0 Å². The third-order valence-corrected chi connectivity index (χ3v) is 7.25. The summed E-state index contributed by atoms with van der Waals surface area (Å²) >= 11 is 1.45. The van der Waals surface area contributed by atoms with Gasteiger partial charge < -0.3 is 19.7 Å².